The van der Waals surface area contributed by atoms with Crippen molar-refractivity contribution >= 4 is 65.0 Å². The summed E-state index contributed by atoms with van der Waals surface area (Å²) in [7, 11) is 0. The number of hydrogen-bond donors (Lipinski definition) is 0. The van der Waals surface area contributed by atoms with E-state index in [9.17, 15) is 0 Å². The predicted molar refractivity (Wildman–Crippen MR) is 225 cm³/mol. The van der Waals surface area contributed by atoms with Crippen LogP contribution in [0.2, 0.25) is 0 Å². The van der Waals surface area contributed by atoms with Crippen LogP contribution < -0.4 is 0 Å². The molecule has 10 aromatic carbocycles. The van der Waals surface area contributed by atoms with Gasteiger partial charge >= 0.3 is 0 Å². The third-order valence-corrected chi connectivity index (χ3v) is 11.1. The molecule has 0 amide bonds. The first-order chi connectivity index (χ1) is 26.3. The van der Waals surface area contributed by atoms with E-state index < -0.39 is 0 Å². The molecule has 0 spiro atoms. The van der Waals surface area contributed by atoms with Crippen LogP contribution in [-0.2, 0) is 0 Å². The van der Waals surface area contributed by atoms with Crippen LogP contribution in [0.4, 0.5) is 0 Å². The summed E-state index contributed by atoms with van der Waals surface area (Å²) in [6, 6.07) is 70.6. The second kappa shape index (κ2) is 11.8. The van der Waals surface area contributed by atoms with Crippen LogP contribution >= 0.6 is 0 Å². The van der Waals surface area contributed by atoms with Gasteiger partial charge in [0.1, 0.15) is 11.2 Å². The van der Waals surface area contributed by atoms with Gasteiger partial charge in [0.25, 0.3) is 0 Å². The van der Waals surface area contributed by atoms with Gasteiger partial charge in [-0.3, -0.25) is 0 Å². The lowest BCUT2D eigenvalue weighted by atomic mass is 9.83. The Morgan fingerprint density at radius 1 is 0.264 bits per heavy atom. The predicted octanol–water partition coefficient (Wildman–Crippen LogP) is 14.9. The topological polar surface area (TPSA) is 13.1 Å². The number of hydrogen-bond acceptors (Lipinski definition) is 1. The summed E-state index contributed by atoms with van der Waals surface area (Å²) in [6.45, 7) is 0. The number of rotatable bonds is 4. The van der Waals surface area contributed by atoms with Gasteiger partial charge in [-0.2, -0.15) is 0 Å². The van der Waals surface area contributed by atoms with Gasteiger partial charge in [0.05, 0.1) is 0 Å². The Hall–Kier alpha value is -6.96. The lowest BCUT2D eigenvalue weighted by molar-refractivity contribution is 0.670. The molecule has 0 fully saturated rings. The van der Waals surface area contributed by atoms with Gasteiger partial charge in [0.2, 0.25) is 0 Å². The van der Waals surface area contributed by atoms with E-state index in [1.807, 2.05) is 6.07 Å². The van der Waals surface area contributed by atoms with Gasteiger partial charge in [-0.1, -0.05) is 176 Å². The Kier molecular flexibility index (Phi) is 6.62. The highest BCUT2D eigenvalue weighted by molar-refractivity contribution is 6.24. The van der Waals surface area contributed by atoms with E-state index in [4.69, 9.17) is 4.42 Å². The number of benzene rings is 10. The van der Waals surface area contributed by atoms with Crippen molar-refractivity contribution in [1.82, 2.24) is 0 Å². The number of fused-ring (bicyclic) bond motifs is 7. The minimum atomic E-state index is 0.910. The van der Waals surface area contributed by atoms with Crippen LogP contribution in [0, 0.1) is 0 Å². The molecule has 0 aliphatic rings. The zero-order valence-electron chi connectivity index (χ0n) is 28.9. The fourth-order valence-electron chi connectivity index (χ4n) is 8.68. The molecule has 1 aromatic heterocycles. The highest BCUT2D eigenvalue weighted by atomic mass is 16.3. The van der Waals surface area contributed by atoms with Crippen molar-refractivity contribution in [2.75, 3.05) is 0 Å². The maximum Gasteiger partial charge on any atom is 0.143 e. The van der Waals surface area contributed by atoms with E-state index in [1.54, 1.807) is 0 Å². The van der Waals surface area contributed by atoms with Crippen LogP contribution in [0.15, 0.2) is 199 Å². The SMILES string of the molecule is c1cc(-c2c3ccccc3c(-c3cccc4ccccc34)c3ccc(-c4cccc5ccccc45)cc23)cc(-c2cccc3c2oc2ccccc23)c1. The lowest BCUT2D eigenvalue weighted by Gasteiger charge is -2.20. The minimum Gasteiger partial charge on any atom is -0.455 e. The second-order valence-corrected chi connectivity index (χ2v) is 14.0. The average molecular weight is 673 g/mol. The van der Waals surface area contributed by atoms with Gasteiger partial charge in [0.15, 0.2) is 0 Å². The molecule has 0 aliphatic carbocycles. The highest BCUT2D eigenvalue weighted by Crippen LogP contribution is 2.47. The van der Waals surface area contributed by atoms with Crippen LogP contribution in [0.3, 0.4) is 0 Å². The van der Waals surface area contributed by atoms with E-state index in [2.05, 4.69) is 188 Å². The summed E-state index contributed by atoms with van der Waals surface area (Å²) in [5.74, 6) is 0. The third kappa shape index (κ3) is 4.64. The maximum atomic E-state index is 6.52. The van der Waals surface area contributed by atoms with Crippen molar-refractivity contribution in [1.29, 1.82) is 0 Å². The van der Waals surface area contributed by atoms with E-state index >= 15 is 0 Å². The first-order valence-electron chi connectivity index (χ1n) is 18.3. The number of furan rings is 1. The molecule has 1 nitrogen and oxygen atoms in total. The number of para-hydroxylation sites is 2. The van der Waals surface area contributed by atoms with E-state index in [1.165, 1.54) is 76.5 Å². The smallest absolute Gasteiger partial charge is 0.143 e. The first-order valence-corrected chi connectivity index (χ1v) is 18.3. The fourth-order valence-corrected chi connectivity index (χ4v) is 8.68. The summed E-state index contributed by atoms with van der Waals surface area (Å²) in [4.78, 5) is 0. The molecule has 0 bridgehead atoms. The van der Waals surface area contributed by atoms with Crippen molar-refractivity contribution in [3.8, 4) is 44.5 Å². The standard InChI is InChI=1S/C52H32O/c1-3-19-38-33(13-1)15-10-24-40(38)36-29-30-46-48(32-36)50(44-22-5-6-23-45(44)51(46)43-26-11-16-34-14-2-4-20-39(34)43)37-18-9-17-35(31-37)41-25-12-27-47-42-21-7-8-28-49(42)53-52(41)47/h1-32H. The van der Waals surface area contributed by atoms with Crippen LogP contribution in [0.25, 0.3) is 110 Å². The Labute approximate surface area is 307 Å². The van der Waals surface area contributed by atoms with Crippen molar-refractivity contribution in [2.45, 2.75) is 0 Å². The van der Waals surface area contributed by atoms with Crippen LogP contribution in [0.1, 0.15) is 0 Å². The first kappa shape index (κ1) is 29.7. The summed E-state index contributed by atoms with van der Waals surface area (Å²) < 4.78 is 6.52. The van der Waals surface area contributed by atoms with Gasteiger partial charge in [-0.25, -0.2) is 0 Å². The Bertz CT molecular complexity index is 3220. The Morgan fingerprint density at radius 2 is 0.774 bits per heavy atom. The molecule has 11 aromatic rings. The lowest BCUT2D eigenvalue weighted by Crippen LogP contribution is -1.93. The molecule has 1 heterocycles. The molecule has 1 heteroatoms. The zero-order chi connectivity index (χ0) is 34.9. The Morgan fingerprint density at radius 3 is 1.57 bits per heavy atom. The quantitative estimate of drug-likeness (QED) is 0.170. The monoisotopic (exact) mass is 672 g/mol. The molecule has 0 radical (unpaired) electrons. The summed E-state index contributed by atoms with van der Waals surface area (Å²) in [5, 5.41) is 12.2. The fraction of sp³-hybridized carbons (Fsp3) is 0. The molecule has 0 atom stereocenters. The summed E-state index contributed by atoms with van der Waals surface area (Å²) in [5.41, 5.74) is 11.4. The Balaban J connectivity index is 1.24. The maximum absolute atomic E-state index is 6.52. The molecule has 0 unspecified atom stereocenters. The van der Waals surface area contributed by atoms with Gasteiger partial charge < -0.3 is 4.42 Å². The van der Waals surface area contributed by atoms with Crippen molar-refractivity contribution in [3.05, 3.63) is 194 Å². The van der Waals surface area contributed by atoms with Crippen molar-refractivity contribution in [2.24, 2.45) is 0 Å². The summed E-state index contributed by atoms with van der Waals surface area (Å²) in [6.07, 6.45) is 0. The van der Waals surface area contributed by atoms with Crippen LogP contribution in [0.5, 0.6) is 0 Å². The van der Waals surface area contributed by atoms with E-state index in [-0.39, 0.29) is 0 Å². The van der Waals surface area contributed by atoms with Crippen molar-refractivity contribution in [3.63, 3.8) is 0 Å². The molecular weight excluding hydrogens is 641 g/mol. The highest BCUT2D eigenvalue weighted by Gasteiger charge is 2.20. The normalized spacial score (nSPS) is 11.8. The molecule has 0 N–H and O–H groups in total. The molecule has 0 aliphatic heterocycles. The van der Waals surface area contributed by atoms with Crippen molar-refractivity contribution < 1.29 is 4.42 Å². The molecule has 0 saturated heterocycles. The van der Waals surface area contributed by atoms with E-state index in [0.717, 1.165) is 33.1 Å². The zero-order valence-corrected chi connectivity index (χ0v) is 28.9. The third-order valence-electron chi connectivity index (χ3n) is 11.1. The second-order valence-electron chi connectivity index (χ2n) is 14.0. The average Bonchev–Trinajstić information content (AvgIpc) is 3.61. The molecule has 53 heavy (non-hydrogen) atoms. The van der Waals surface area contributed by atoms with Crippen LogP contribution in [-0.4, -0.2) is 0 Å². The van der Waals surface area contributed by atoms with Gasteiger partial charge in [0, 0.05) is 16.3 Å². The minimum absolute atomic E-state index is 0.910. The van der Waals surface area contributed by atoms with E-state index in [0.29, 0.717) is 0 Å². The molecule has 246 valence electrons. The largest absolute Gasteiger partial charge is 0.455 e. The molecule has 0 saturated carbocycles. The molecule has 11 rings (SSSR count). The van der Waals surface area contributed by atoms with Gasteiger partial charge in [-0.05, 0) is 100 Å². The molecular formula is C52H32O. The summed E-state index contributed by atoms with van der Waals surface area (Å²) >= 11 is 0. The van der Waals surface area contributed by atoms with Gasteiger partial charge in [-0.15, -0.1) is 0 Å².